The van der Waals surface area contributed by atoms with Crippen LogP contribution in [0.15, 0.2) is 22.7 Å². The molecule has 7 heteroatoms. The normalized spacial score (nSPS) is 21.5. The zero-order chi connectivity index (χ0) is 16.3. The number of benzene rings is 1. The fourth-order valence-electron chi connectivity index (χ4n) is 2.66. The Morgan fingerprint density at radius 3 is 2.86 bits per heavy atom. The van der Waals surface area contributed by atoms with Crippen LogP contribution in [-0.4, -0.2) is 35.1 Å². The quantitative estimate of drug-likeness (QED) is 0.856. The van der Waals surface area contributed by atoms with Gasteiger partial charge in [0.25, 0.3) is 0 Å². The molecular weight excluding hydrogens is 355 g/mol. The lowest BCUT2D eigenvalue weighted by Gasteiger charge is -2.34. The average Bonchev–Trinajstić information content (AvgIpc) is 2.47. The SMILES string of the molecule is CC1CC(C(=O)O)CN(C(=O)NCc2cc(F)ccc2Br)C1. The number of nitrogens with zero attached hydrogens (tertiary/aromatic N) is 1. The highest BCUT2D eigenvalue weighted by Gasteiger charge is 2.31. The van der Waals surface area contributed by atoms with Gasteiger partial charge in [-0.1, -0.05) is 22.9 Å². The van der Waals surface area contributed by atoms with Crippen molar-refractivity contribution < 1.29 is 19.1 Å². The molecule has 1 aliphatic heterocycles. The van der Waals surface area contributed by atoms with Crippen LogP contribution in [0.2, 0.25) is 0 Å². The van der Waals surface area contributed by atoms with Gasteiger partial charge in [-0.15, -0.1) is 0 Å². The Hall–Kier alpha value is -1.63. The van der Waals surface area contributed by atoms with Crippen molar-refractivity contribution in [2.75, 3.05) is 13.1 Å². The maximum absolute atomic E-state index is 13.2. The summed E-state index contributed by atoms with van der Waals surface area (Å²) in [6, 6.07) is 3.94. The lowest BCUT2D eigenvalue weighted by Crippen LogP contribution is -2.49. The minimum Gasteiger partial charge on any atom is -0.481 e. The van der Waals surface area contributed by atoms with Crippen molar-refractivity contribution >= 4 is 27.9 Å². The molecule has 2 atom stereocenters. The van der Waals surface area contributed by atoms with Gasteiger partial charge in [-0.25, -0.2) is 9.18 Å². The molecule has 1 heterocycles. The standard InChI is InChI=1S/C15H18BrFN2O3/c1-9-4-11(14(20)21)8-19(7-9)15(22)18-6-10-5-12(17)2-3-13(10)16/h2-3,5,9,11H,4,6-8H2,1H3,(H,18,22)(H,20,21). The second-order valence-electron chi connectivity index (χ2n) is 5.68. The van der Waals surface area contributed by atoms with E-state index in [-0.39, 0.29) is 30.9 Å². The van der Waals surface area contributed by atoms with Gasteiger partial charge in [0.1, 0.15) is 5.82 Å². The number of aliphatic carboxylic acids is 1. The van der Waals surface area contributed by atoms with E-state index in [0.29, 0.717) is 23.0 Å². The van der Waals surface area contributed by atoms with Crippen molar-refractivity contribution in [3.05, 3.63) is 34.1 Å². The van der Waals surface area contributed by atoms with Gasteiger partial charge < -0.3 is 15.3 Å². The van der Waals surface area contributed by atoms with Crippen LogP contribution in [-0.2, 0) is 11.3 Å². The maximum Gasteiger partial charge on any atom is 0.317 e. The number of halogens is 2. The molecule has 2 N–H and O–H groups in total. The van der Waals surface area contributed by atoms with Crippen molar-refractivity contribution in [1.29, 1.82) is 0 Å². The molecule has 0 aliphatic carbocycles. The molecule has 0 saturated carbocycles. The Morgan fingerprint density at radius 2 is 2.18 bits per heavy atom. The fraction of sp³-hybridized carbons (Fsp3) is 0.467. The minimum atomic E-state index is -0.878. The smallest absolute Gasteiger partial charge is 0.317 e. The number of carbonyl (C=O) groups excluding carboxylic acids is 1. The van der Waals surface area contributed by atoms with E-state index in [1.807, 2.05) is 6.92 Å². The Bertz CT molecular complexity index is 582. The summed E-state index contributed by atoms with van der Waals surface area (Å²) in [4.78, 5) is 24.8. The van der Waals surface area contributed by atoms with E-state index < -0.39 is 11.9 Å². The Balaban J connectivity index is 1.96. The zero-order valence-electron chi connectivity index (χ0n) is 12.2. The number of carbonyl (C=O) groups is 2. The van der Waals surface area contributed by atoms with Crippen LogP contribution in [0.3, 0.4) is 0 Å². The van der Waals surface area contributed by atoms with Crippen LogP contribution in [0, 0.1) is 17.7 Å². The Kier molecular flexibility index (Phi) is 5.39. The molecule has 1 aliphatic rings. The van der Waals surface area contributed by atoms with E-state index in [0.717, 1.165) is 0 Å². The highest BCUT2D eigenvalue weighted by atomic mass is 79.9. The molecule has 2 rings (SSSR count). The summed E-state index contributed by atoms with van der Waals surface area (Å²) in [5.74, 6) is -1.64. The van der Waals surface area contributed by atoms with Gasteiger partial charge in [-0.3, -0.25) is 4.79 Å². The molecule has 1 fully saturated rings. The number of hydrogen-bond donors (Lipinski definition) is 2. The first kappa shape index (κ1) is 16.7. The molecule has 1 saturated heterocycles. The molecule has 2 amide bonds. The van der Waals surface area contributed by atoms with Gasteiger partial charge in [0.05, 0.1) is 5.92 Å². The fourth-order valence-corrected chi connectivity index (χ4v) is 3.04. The van der Waals surface area contributed by atoms with Crippen LogP contribution in [0.1, 0.15) is 18.9 Å². The first-order chi connectivity index (χ1) is 10.4. The Labute approximate surface area is 136 Å². The topological polar surface area (TPSA) is 69.6 Å². The number of rotatable bonds is 3. The molecule has 0 bridgehead atoms. The molecule has 5 nitrogen and oxygen atoms in total. The van der Waals surface area contributed by atoms with Gasteiger partial charge in [-0.2, -0.15) is 0 Å². The van der Waals surface area contributed by atoms with E-state index in [1.165, 1.54) is 17.0 Å². The average molecular weight is 373 g/mol. The van der Waals surface area contributed by atoms with Crippen LogP contribution in [0.25, 0.3) is 0 Å². The highest BCUT2D eigenvalue weighted by molar-refractivity contribution is 9.10. The van der Waals surface area contributed by atoms with Crippen molar-refractivity contribution in [3.8, 4) is 0 Å². The van der Waals surface area contributed by atoms with Gasteiger partial charge in [-0.05, 0) is 36.1 Å². The molecule has 22 heavy (non-hydrogen) atoms. The number of hydrogen-bond acceptors (Lipinski definition) is 2. The number of amides is 2. The molecule has 0 spiro atoms. The summed E-state index contributed by atoms with van der Waals surface area (Å²) >= 11 is 3.31. The molecule has 120 valence electrons. The number of carboxylic acid groups (broad SMARTS) is 1. The van der Waals surface area contributed by atoms with Gasteiger partial charge in [0.15, 0.2) is 0 Å². The number of piperidine rings is 1. The summed E-state index contributed by atoms with van der Waals surface area (Å²) in [5.41, 5.74) is 0.633. The summed E-state index contributed by atoms with van der Waals surface area (Å²) in [7, 11) is 0. The number of nitrogens with one attached hydrogen (secondary N) is 1. The molecular formula is C15H18BrFN2O3. The first-order valence-electron chi connectivity index (χ1n) is 7.06. The van der Waals surface area contributed by atoms with Gasteiger partial charge in [0.2, 0.25) is 0 Å². The number of likely N-dealkylation sites (tertiary alicyclic amines) is 1. The van der Waals surface area contributed by atoms with Crippen LogP contribution >= 0.6 is 15.9 Å². The van der Waals surface area contributed by atoms with E-state index in [9.17, 15) is 14.0 Å². The number of carboxylic acids is 1. The summed E-state index contributed by atoms with van der Waals surface area (Å²) in [6.07, 6.45) is 0.578. The van der Waals surface area contributed by atoms with Crippen molar-refractivity contribution in [1.82, 2.24) is 10.2 Å². The lowest BCUT2D eigenvalue weighted by atomic mass is 9.91. The second-order valence-corrected chi connectivity index (χ2v) is 6.53. The van der Waals surface area contributed by atoms with Gasteiger partial charge in [0, 0.05) is 24.1 Å². The third kappa shape index (κ3) is 4.19. The first-order valence-corrected chi connectivity index (χ1v) is 7.85. The molecule has 1 aromatic carbocycles. The van der Waals surface area contributed by atoms with Crippen molar-refractivity contribution in [3.63, 3.8) is 0 Å². The summed E-state index contributed by atoms with van der Waals surface area (Å²) in [6.45, 7) is 2.84. The third-order valence-electron chi connectivity index (χ3n) is 3.73. The Morgan fingerprint density at radius 1 is 1.45 bits per heavy atom. The van der Waals surface area contributed by atoms with Crippen molar-refractivity contribution in [2.45, 2.75) is 19.9 Å². The highest BCUT2D eigenvalue weighted by Crippen LogP contribution is 2.22. The van der Waals surface area contributed by atoms with Crippen LogP contribution in [0.4, 0.5) is 9.18 Å². The predicted molar refractivity (Wildman–Crippen MR) is 82.8 cm³/mol. The second kappa shape index (κ2) is 7.09. The molecule has 0 radical (unpaired) electrons. The third-order valence-corrected chi connectivity index (χ3v) is 4.51. The zero-order valence-corrected chi connectivity index (χ0v) is 13.8. The monoisotopic (exact) mass is 372 g/mol. The van der Waals surface area contributed by atoms with E-state index in [2.05, 4.69) is 21.2 Å². The van der Waals surface area contributed by atoms with Crippen LogP contribution < -0.4 is 5.32 Å². The predicted octanol–water partition coefficient (Wildman–Crippen LogP) is 2.84. The largest absolute Gasteiger partial charge is 0.481 e. The lowest BCUT2D eigenvalue weighted by molar-refractivity contribution is -0.143. The maximum atomic E-state index is 13.2. The van der Waals surface area contributed by atoms with Crippen LogP contribution in [0.5, 0.6) is 0 Å². The van der Waals surface area contributed by atoms with E-state index >= 15 is 0 Å². The molecule has 0 aromatic heterocycles. The van der Waals surface area contributed by atoms with Gasteiger partial charge >= 0.3 is 12.0 Å². The van der Waals surface area contributed by atoms with Crippen molar-refractivity contribution in [2.24, 2.45) is 11.8 Å². The molecule has 1 aromatic rings. The summed E-state index contributed by atoms with van der Waals surface area (Å²) < 4.78 is 13.9. The van der Waals surface area contributed by atoms with E-state index in [4.69, 9.17) is 5.11 Å². The summed E-state index contributed by atoms with van der Waals surface area (Å²) in [5, 5.41) is 11.8. The van der Waals surface area contributed by atoms with E-state index in [1.54, 1.807) is 6.07 Å². The number of urea groups is 1. The molecule has 2 unspecified atom stereocenters. The minimum absolute atomic E-state index is 0.140.